The van der Waals surface area contributed by atoms with Crippen LogP contribution in [0.5, 0.6) is 0 Å². The Labute approximate surface area is 107 Å². The summed E-state index contributed by atoms with van der Waals surface area (Å²) in [5, 5.41) is 1.07. The smallest absolute Gasteiger partial charge is 0.205 e. The predicted octanol–water partition coefficient (Wildman–Crippen LogP) is 0.707. The van der Waals surface area contributed by atoms with Gasteiger partial charge in [-0.25, -0.2) is 4.98 Å². The molecule has 1 aliphatic heterocycles. The van der Waals surface area contributed by atoms with E-state index in [1.54, 1.807) is 0 Å². The number of aryl methyl sites for hydroxylation is 1. The maximum absolute atomic E-state index is 5.55. The fraction of sp³-hybridized carbons (Fsp3) is 0.818. The molecule has 0 unspecified atom stereocenters. The standard InChI is InChI=1S/C11H21N5S/c1-10-13-11(17-14-10)16-7-3-6-15(8-9-16)5-2-4-12/h2-9,12H2,1H3. The van der Waals surface area contributed by atoms with Gasteiger partial charge in [-0.1, -0.05) is 0 Å². The zero-order chi connectivity index (χ0) is 12.1. The monoisotopic (exact) mass is 255 g/mol. The fourth-order valence-corrected chi connectivity index (χ4v) is 2.84. The molecule has 0 aromatic carbocycles. The van der Waals surface area contributed by atoms with Gasteiger partial charge in [-0.15, -0.1) is 0 Å². The summed E-state index contributed by atoms with van der Waals surface area (Å²) in [5.74, 6) is 0.884. The van der Waals surface area contributed by atoms with Crippen molar-refractivity contribution in [2.45, 2.75) is 19.8 Å². The normalized spacial score (nSPS) is 18.4. The summed E-state index contributed by atoms with van der Waals surface area (Å²) in [7, 11) is 0. The van der Waals surface area contributed by atoms with Gasteiger partial charge in [-0.05, 0) is 39.4 Å². The van der Waals surface area contributed by atoms with Crippen LogP contribution >= 0.6 is 11.5 Å². The Hall–Kier alpha value is -0.720. The van der Waals surface area contributed by atoms with E-state index in [-0.39, 0.29) is 0 Å². The molecule has 0 saturated carbocycles. The molecule has 0 amide bonds. The maximum Gasteiger partial charge on any atom is 0.205 e. The topological polar surface area (TPSA) is 58.3 Å². The summed E-state index contributed by atoms with van der Waals surface area (Å²) >= 11 is 1.51. The summed E-state index contributed by atoms with van der Waals surface area (Å²) in [4.78, 5) is 9.31. The van der Waals surface area contributed by atoms with Crippen molar-refractivity contribution in [3.05, 3.63) is 5.82 Å². The number of nitrogens with zero attached hydrogens (tertiary/aromatic N) is 4. The van der Waals surface area contributed by atoms with Gasteiger partial charge in [0.15, 0.2) is 0 Å². The van der Waals surface area contributed by atoms with Crippen LogP contribution in [-0.2, 0) is 0 Å². The molecule has 0 bridgehead atoms. The molecule has 0 radical (unpaired) electrons. The van der Waals surface area contributed by atoms with Gasteiger partial charge in [0.05, 0.1) is 0 Å². The molecule has 1 saturated heterocycles. The number of nitrogens with two attached hydrogens (primary N) is 1. The molecule has 1 aromatic heterocycles. The summed E-state index contributed by atoms with van der Waals surface area (Å²) < 4.78 is 4.25. The van der Waals surface area contributed by atoms with E-state index in [0.29, 0.717) is 0 Å². The molecule has 2 heterocycles. The molecule has 0 spiro atoms. The number of hydrogen-bond donors (Lipinski definition) is 1. The average molecular weight is 255 g/mol. The largest absolute Gasteiger partial charge is 0.346 e. The van der Waals surface area contributed by atoms with E-state index in [4.69, 9.17) is 5.73 Å². The number of rotatable bonds is 4. The van der Waals surface area contributed by atoms with Crippen LogP contribution in [0.2, 0.25) is 0 Å². The van der Waals surface area contributed by atoms with Crippen LogP contribution in [0.4, 0.5) is 5.13 Å². The van der Waals surface area contributed by atoms with Crippen molar-refractivity contribution in [1.82, 2.24) is 14.3 Å². The Morgan fingerprint density at radius 2 is 2.18 bits per heavy atom. The lowest BCUT2D eigenvalue weighted by atomic mass is 10.3. The van der Waals surface area contributed by atoms with Gasteiger partial charge in [0.2, 0.25) is 5.13 Å². The Morgan fingerprint density at radius 3 is 2.88 bits per heavy atom. The van der Waals surface area contributed by atoms with Gasteiger partial charge in [0.25, 0.3) is 0 Å². The highest BCUT2D eigenvalue weighted by Gasteiger charge is 2.17. The average Bonchev–Trinajstić information content (AvgIpc) is 2.63. The SMILES string of the molecule is Cc1nsc(N2CCCN(CCCN)CC2)n1. The zero-order valence-electron chi connectivity index (χ0n) is 10.4. The number of hydrogen-bond acceptors (Lipinski definition) is 6. The van der Waals surface area contributed by atoms with Gasteiger partial charge in [-0.3, -0.25) is 0 Å². The first-order valence-electron chi connectivity index (χ1n) is 6.27. The molecule has 1 aromatic rings. The second-order valence-corrected chi connectivity index (χ2v) is 5.18. The van der Waals surface area contributed by atoms with Crippen molar-refractivity contribution in [2.24, 2.45) is 5.73 Å². The van der Waals surface area contributed by atoms with Gasteiger partial charge >= 0.3 is 0 Å². The fourth-order valence-electron chi connectivity index (χ4n) is 2.12. The first-order valence-corrected chi connectivity index (χ1v) is 7.04. The van der Waals surface area contributed by atoms with Gasteiger partial charge in [0, 0.05) is 31.2 Å². The van der Waals surface area contributed by atoms with Crippen LogP contribution in [0.15, 0.2) is 0 Å². The van der Waals surface area contributed by atoms with Crippen LogP contribution in [0.3, 0.4) is 0 Å². The third-order valence-corrected chi connectivity index (χ3v) is 3.92. The molecule has 1 fully saturated rings. The van der Waals surface area contributed by atoms with Crippen molar-refractivity contribution in [2.75, 3.05) is 44.2 Å². The first kappa shape index (κ1) is 12.7. The lowest BCUT2D eigenvalue weighted by molar-refractivity contribution is 0.291. The molecule has 0 aliphatic carbocycles. The van der Waals surface area contributed by atoms with Crippen LogP contribution in [0, 0.1) is 6.92 Å². The second-order valence-electron chi connectivity index (χ2n) is 4.45. The second kappa shape index (κ2) is 6.28. The molecule has 17 heavy (non-hydrogen) atoms. The van der Waals surface area contributed by atoms with E-state index in [1.807, 2.05) is 6.92 Å². The van der Waals surface area contributed by atoms with Gasteiger partial charge in [-0.2, -0.15) is 4.37 Å². The molecule has 2 N–H and O–H groups in total. The van der Waals surface area contributed by atoms with Crippen LogP contribution in [-0.4, -0.2) is 53.5 Å². The van der Waals surface area contributed by atoms with Crippen LogP contribution < -0.4 is 10.6 Å². The van der Waals surface area contributed by atoms with Crippen molar-refractivity contribution in [3.8, 4) is 0 Å². The van der Waals surface area contributed by atoms with E-state index in [1.165, 1.54) is 24.5 Å². The van der Waals surface area contributed by atoms with Crippen LogP contribution in [0.1, 0.15) is 18.7 Å². The van der Waals surface area contributed by atoms with Crippen molar-refractivity contribution in [1.29, 1.82) is 0 Å². The minimum atomic E-state index is 0.788. The summed E-state index contributed by atoms with van der Waals surface area (Å²) in [6.45, 7) is 8.29. The number of anilines is 1. The Morgan fingerprint density at radius 1 is 1.29 bits per heavy atom. The van der Waals surface area contributed by atoms with Crippen molar-refractivity contribution >= 4 is 16.7 Å². The van der Waals surface area contributed by atoms with E-state index in [0.717, 1.165) is 50.1 Å². The zero-order valence-corrected chi connectivity index (χ0v) is 11.2. The molecule has 1 aliphatic rings. The van der Waals surface area contributed by atoms with Crippen molar-refractivity contribution < 1.29 is 0 Å². The third kappa shape index (κ3) is 3.62. The molecule has 0 atom stereocenters. The third-order valence-electron chi connectivity index (χ3n) is 3.05. The van der Waals surface area contributed by atoms with E-state index in [2.05, 4.69) is 19.2 Å². The predicted molar refractivity (Wildman–Crippen MR) is 71.6 cm³/mol. The molecule has 6 heteroatoms. The minimum Gasteiger partial charge on any atom is -0.346 e. The summed E-state index contributed by atoms with van der Waals surface area (Å²) in [6, 6.07) is 0. The minimum absolute atomic E-state index is 0.788. The highest BCUT2D eigenvalue weighted by Crippen LogP contribution is 2.18. The molecule has 5 nitrogen and oxygen atoms in total. The van der Waals surface area contributed by atoms with Gasteiger partial charge < -0.3 is 15.5 Å². The summed E-state index contributed by atoms with van der Waals surface area (Å²) in [6.07, 6.45) is 2.29. The van der Waals surface area contributed by atoms with Crippen LogP contribution in [0.25, 0.3) is 0 Å². The highest BCUT2D eigenvalue weighted by molar-refractivity contribution is 7.09. The lowest BCUT2D eigenvalue weighted by Gasteiger charge is -2.20. The molecule has 2 rings (SSSR count). The first-order chi connectivity index (χ1) is 8.29. The highest BCUT2D eigenvalue weighted by atomic mass is 32.1. The lowest BCUT2D eigenvalue weighted by Crippen LogP contribution is -2.32. The van der Waals surface area contributed by atoms with Crippen molar-refractivity contribution in [3.63, 3.8) is 0 Å². The Bertz CT molecular complexity index is 340. The van der Waals surface area contributed by atoms with E-state index < -0.39 is 0 Å². The Balaban J connectivity index is 1.87. The molecule has 96 valence electrons. The van der Waals surface area contributed by atoms with Gasteiger partial charge in [0.1, 0.15) is 5.82 Å². The number of aromatic nitrogens is 2. The maximum atomic E-state index is 5.55. The quantitative estimate of drug-likeness (QED) is 0.858. The molecular weight excluding hydrogens is 234 g/mol. The summed E-state index contributed by atoms with van der Waals surface area (Å²) in [5.41, 5.74) is 5.55. The van der Waals surface area contributed by atoms with E-state index >= 15 is 0 Å². The Kier molecular flexibility index (Phi) is 4.70. The molecular formula is C11H21N5S. The van der Waals surface area contributed by atoms with E-state index in [9.17, 15) is 0 Å².